The minimum absolute atomic E-state index is 0.250. The van der Waals surface area contributed by atoms with E-state index < -0.39 is 35.3 Å². The Morgan fingerprint density at radius 2 is 2.06 bits per heavy atom. The lowest BCUT2D eigenvalue weighted by Gasteiger charge is -2.16. The number of aliphatic hydroxyl groups excluding tert-OH is 3. The molecule has 1 unspecified atom stereocenters. The Morgan fingerprint density at radius 1 is 1.39 bits per heavy atom. The molecule has 1 aromatic heterocycles. The zero-order chi connectivity index (χ0) is 13.4. The first-order valence-electron chi connectivity index (χ1n) is 5.72. The van der Waals surface area contributed by atoms with Crippen LogP contribution >= 0.6 is 0 Å². The Kier molecular flexibility index (Phi) is 3.38. The third kappa shape index (κ3) is 2.00. The third-order valence-corrected chi connectivity index (χ3v) is 3.57. The van der Waals surface area contributed by atoms with Gasteiger partial charge in [0.15, 0.2) is 0 Å². The summed E-state index contributed by atoms with van der Waals surface area (Å²) in [5, 5.41) is 28.7. The van der Waals surface area contributed by atoms with E-state index in [-0.39, 0.29) is 12.2 Å². The second-order valence-electron chi connectivity index (χ2n) is 4.72. The quantitative estimate of drug-likeness (QED) is 0.483. The van der Waals surface area contributed by atoms with Crippen LogP contribution < -0.4 is 11.2 Å². The number of hydrogen-bond donors (Lipinski definition) is 4. The maximum absolute atomic E-state index is 11.7. The van der Waals surface area contributed by atoms with Crippen molar-refractivity contribution in [1.82, 2.24) is 9.55 Å². The fourth-order valence-corrected chi connectivity index (χ4v) is 2.46. The Bertz CT molecular complexity index is 549. The van der Waals surface area contributed by atoms with Gasteiger partial charge < -0.3 is 19.9 Å². The van der Waals surface area contributed by atoms with Crippen molar-refractivity contribution in [2.75, 3.05) is 6.61 Å². The van der Waals surface area contributed by atoms with Crippen molar-refractivity contribution in [2.45, 2.75) is 24.5 Å². The molecule has 4 atom stereocenters. The Balaban J connectivity index is 2.42. The maximum atomic E-state index is 11.7. The Labute approximate surface area is 102 Å². The highest BCUT2D eigenvalue weighted by atomic mass is 16.3. The van der Waals surface area contributed by atoms with Crippen LogP contribution in [0.2, 0.25) is 0 Å². The lowest BCUT2D eigenvalue weighted by molar-refractivity contribution is 0.00217. The molecular weight excluding hydrogens is 240 g/mol. The molecule has 4 N–H and O–H groups in total. The van der Waals surface area contributed by atoms with Gasteiger partial charge in [-0.2, -0.15) is 0 Å². The van der Waals surface area contributed by atoms with Crippen molar-refractivity contribution in [2.24, 2.45) is 13.0 Å². The van der Waals surface area contributed by atoms with Crippen LogP contribution in [-0.4, -0.2) is 43.7 Å². The van der Waals surface area contributed by atoms with Crippen LogP contribution in [0.3, 0.4) is 0 Å². The van der Waals surface area contributed by atoms with Gasteiger partial charge in [-0.05, 0) is 6.42 Å². The van der Waals surface area contributed by atoms with Crippen molar-refractivity contribution in [3.05, 3.63) is 32.6 Å². The van der Waals surface area contributed by atoms with Gasteiger partial charge in [0.25, 0.3) is 5.56 Å². The molecule has 1 aliphatic rings. The molecule has 1 saturated carbocycles. The largest absolute Gasteiger partial charge is 0.396 e. The third-order valence-electron chi connectivity index (χ3n) is 3.57. The van der Waals surface area contributed by atoms with Crippen LogP contribution in [0.15, 0.2) is 15.8 Å². The predicted molar refractivity (Wildman–Crippen MR) is 62.3 cm³/mol. The van der Waals surface area contributed by atoms with Gasteiger partial charge in [0.1, 0.15) is 0 Å². The van der Waals surface area contributed by atoms with Crippen LogP contribution in [0, 0.1) is 5.92 Å². The fourth-order valence-electron chi connectivity index (χ4n) is 2.46. The summed E-state index contributed by atoms with van der Waals surface area (Å²) in [7, 11) is 1.49. The van der Waals surface area contributed by atoms with Gasteiger partial charge in [0.05, 0.1) is 12.2 Å². The molecule has 0 aliphatic heterocycles. The molecule has 0 bridgehead atoms. The van der Waals surface area contributed by atoms with Crippen molar-refractivity contribution in [1.29, 1.82) is 0 Å². The molecule has 0 spiro atoms. The number of nitrogens with zero attached hydrogens (tertiary/aromatic N) is 1. The predicted octanol–water partition coefficient (Wildman–Crippen LogP) is -2.11. The summed E-state index contributed by atoms with van der Waals surface area (Å²) < 4.78 is 1.21. The first kappa shape index (κ1) is 13.0. The number of hydrogen-bond acceptors (Lipinski definition) is 5. The SMILES string of the molecule is Cn1cc([C@@H]2C[C@H](CO)C(O)[C@@H]2O)c(=O)[nH]c1=O. The van der Waals surface area contributed by atoms with E-state index in [9.17, 15) is 19.8 Å². The van der Waals surface area contributed by atoms with Crippen LogP contribution in [0.4, 0.5) is 0 Å². The number of aromatic amines is 1. The van der Waals surface area contributed by atoms with Crippen LogP contribution in [0.25, 0.3) is 0 Å². The van der Waals surface area contributed by atoms with E-state index >= 15 is 0 Å². The highest BCUT2D eigenvalue weighted by Gasteiger charge is 2.42. The summed E-state index contributed by atoms with van der Waals surface area (Å²) >= 11 is 0. The summed E-state index contributed by atoms with van der Waals surface area (Å²) in [6.45, 7) is -0.252. The minimum Gasteiger partial charge on any atom is -0.396 e. The van der Waals surface area contributed by atoms with Gasteiger partial charge in [-0.15, -0.1) is 0 Å². The van der Waals surface area contributed by atoms with Gasteiger partial charge in [0, 0.05) is 37.3 Å². The Morgan fingerprint density at radius 3 is 2.61 bits per heavy atom. The molecule has 1 fully saturated rings. The summed E-state index contributed by atoms with van der Waals surface area (Å²) in [4.78, 5) is 25.1. The van der Waals surface area contributed by atoms with Gasteiger partial charge >= 0.3 is 5.69 Å². The van der Waals surface area contributed by atoms with E-state index in [0.29, 0.717) is 6.42 Å². The highest BCUT2D eigenvalue weighted by Crippen LogP contribution is 2.37. The van der Waals surface area contributed by atoms with Crippen molar-refractivity contribution >= 4 is 0 Å². The number of rotatable bonds is 2. The van der Waals surface area contributed by atoms with E-state index in [1.807, 2.05) is 0 Å². The highest BCUT2D eigenvalue weighted by molar-refractivity contribution is 5.17. The number of H-pyrrole nitrogens is 1. The molecule has 0 amide bonds. The van der Waals surface area contributed by atoms with E-state index in [1.165, 1.54) is 17.8 Å². The van der Waals surface area contributed by atoms with Gasteiger partial charge in [0.2, 0.25) is 0 Å². The van der Waals surface area contributed by atoms with Gasteiger partial charge in [-0.1, -0.05) is 0 Å². The first-order valence-corrected chi connectivity index (χ1v) is 5.72. The van der Waals surface area contributed by atoms with E-state index in [2.05, 4.69) is 4.98 Å². The zero-order valence-corrected chi connectivity index (χ0v) is 9.91. The standard InChI is InChI=1S/C11H16N2O5/c1-13-3-7(10(17)12-11(13)18)6-2-5(4-14)8(15)9(6)16/h3,5-6,8-9,14-16H,2,4H2,1H3,(H,12,17,18)/t5-,6+,8?,9-/m1/s1. The van der Waals surface area contributed by atoms with Gasteiger partial charge in [-0.3, -0.25) is 9.78 Å². The second kappa shape index (κ2) is 4.68. The molecule has 0 radical (unpaired) electrons. The van der Waals surface area contributed by atoms with E-state index in [0.717, 1.165) is 0 Å². The summed E-state index contributed by atoms with van der Waals surface area (Å²) in [6, 6.07) is 0. The molecule has 1 heterocycles. The molecule has 1 aliphatic carbocycles. The summed E-state index contributed by atoms with van der Waals surface area (Å²) in [5.74, 6) is -1.03. The van der Waals surface area contributed by atoms with Crippen molar-refractivity contribution in [3.8, 4) is 0 Å². The molecule has 18 heavy (non-hydrogen) atoms. The molecule has 7 heteroatoms. The van der Waals surface area contributed by atoms with Crippen molar-refractivity contribution in [3.63, 3.8) is 0 Å². The molecule has 1 aromatic rings. The minimum atomic E-state index is -1.11. The lowest BCUT2D eigenvalue weighted by Crippen LogP contribution is -2.34. The van der Waals surface area contributed by atoms with E-state index in [4.69, 9.17) is 5.11 Å². The molecule has 2 rings (SSSR count). The normalized spacial score (nSPS) is 31.8. The van der Waals surface area contributed by atoms with E-state index in [1.54, 1.807) is 0 Å². The van der Waals surface area contributed by atoms with Crippen LogP contribution in [-0.2, 0) is 7.05 Å². The molecule has 100 valence electrons. The van der Waals surface area contributed by atoms with Crippen LogP contribution in [0.5, 0.6) is 0 Å². The first-order chi connectivity index (χ1) is 8.45. The second-order valence-corrected chi connectivity index (χ2v) is 4.72. The van der Waals surface area contributed by atoms with Crippen LogP contribution in [0.1, 0.15) is 17.9 Å². The summed E-state index contributed by atoms with van der Waals surface area (Å²) in [5.41, 5.74) is -0.844. The molecule has 7 nitrogen and oxygen atoms in total. The smallest absolute Gasteiger partial charge is 0.328 e. The van der Waals surface area contributed by atoms with Gasteiger partial charge in [-0.25, -0.2) is 4.79 Å². The number of aromatic nitrogens is 2. The average Bonchev–Trinajstić information content (AvgIpc) is 2.61. The van der Waals surface area contributed by atoms with Crippen molar-refractivity contribution < 1.29 is 15.3 Å². The molecular formula is C11H16N2O5. The summed E-state index contributed by atoms with van der Waals surface area (Å²) in [6.07, 6.45) is -0.501. The Hall–Kier alpha value is -1.44. The molecule has 0 aromatic carbocycles. The zero-order valence-electron chi connectivity index (χ0n) is 9.91. The lowest BCUT2D eigenvalue weighted by atomic mass is 9.97. The average molecular weight is 256 g/mol. The maximum Gasteiger partial charge on any atom is 0.328 e. The number of aliphatic hydroxyl groups is 3. The monoisotopic (exact) mass is 256 g/mol. The molecule has 0 saturated heterocycles. The topological polar surface area (TPSA) is 116 Å². The fraction of sp³-hybridized carbons (Fsp3) is 0.636. The number of aryl methyl sites for hydroxylation is 1. The number of nitrogens with one attached hydrogen (secondary N) is 1.